The van der Waals surface area contributed by atoms with Crippen molar-refractivity contribution in [2.75, 3.05) is 11.1 Å². The van der Waals surface area contributed by atoms with E-state index in [9.17, 15) is 8.42 Å². The van der Waals surface area contributed by atoms with Gasteiger partial charge in [-0.3, -0.25) is 0 Å². The van der Waals surface area contributed by atoms with Crippen molar-refractivity contribution < 1.29 is 8.42 Å². The second-order valence-electron chi connectivity index (χ2n) is 3.78. The number of aromatic nitrogens is 2. The van der Waals surface area contributed by atoms with Crippen molar-refractivity contribution in [2.24, 2.45) is 0 Å². The molecule has 19 heavy (non-hydrogen) atoms. The van der Waals surface area contributed by atoms with Gasteiger partial charge in [0.1, 0.15) is 17.3 Å². The lowest BCUT2D eigenvalue weighted by atomic mass is 10.3. The van der Waals surface area contributed by atoms with Crippen LogP contribution in [0.4, 0.5) is 11.5 Å². The molecule has 0 bridgehead atoms. The van der Waals surface area contributed by atoms with Gasteiger partial charge in [0.15, 0.2) is 9.84 Å². The summed E-state index contributed by atoms with van der Waals surface area (Å²) in [5.41, 5.74) is 0.629. The first kappa shape index (κ1) is 13.8. The zero-order valence-electron chi connectivity index (χ0n) is 10.2. The van der Waals surface area contributed by atoms with Crippen LogP contribution in [0.5, 0.6) is 0 Å². The summed E-state index contributed by atoms with van der Waals surface area (Å²) in [6.45, 7) is 1.61. The maximum Gasteiger partial charge on any atom is 0.178 e. The molecule has 0 aliphatic heterocycles. The summed E-state index contributed by atoms with van der Waals surface area (Å²) in [5, 5.41) is 3.30. The zero-order chi connectivity index (χ0) is 13.9. The molecule has 5 nitrogen and oxygen atoms in total. The van der Waals surface area contributed by atoms with E-state index in [1.165, 1.54) is 6.33 Å². The van der Waals surface area contributed by atoms with Crippen LogP contribution < -0.4 is 5.32 Å². The minimum absolute atomic E-state index is 0.0653. The summed E-state index contributed by atoms with van der Waals surface area (Å²) in [5.74, 6) is 0.571. The van der Waals surface area contributed by atoms with E-state index < -0.39 is 9.84 Å². The Hall–Kier alpha value is -1.66. The van der Waals surface area contributed by atoms with E-state index in [4.69, 9.17) is 11.6 Å². The molecule has 0 radical (unpaired) electrons. The minimum atomic E-state index is -3.22. The van der Waals surface area contributed by atoms with Gasteiger partial charge in [0.05, 0.1) is 10.6 Å². The Morgan fingerprint density at radius 1 is 1.26 bits per heavy atom. The van der Waals surface area contributed by atoms with Crippen molar-refractivity contribution in [3.05, 3.63) is 41.8 Å². The average Bonchev–Trinajstić information content (AvgIpc) is 2.39. The van der Waals surface area contributed by atoms with Gasteiger partial charge >= 0.3 is 0 Å². The molecule has 0 fully saturated rings. The highest BCUT2D eigenvalue weighted by Gasteiger charge is 2.11. The third-order valence-corrected chi connectivity index (χ3v) is 4.42. The van der Waals surface area contributed by atoms with Gasteiger partial charge in [0.2, 0.25) is 0 Å². The number of sulfone groups is 1. The molecule has 0 aliphatic carbocycles. The molecule has 1 aromatic heterocycles. The van der Waals surface area contributed by atoms with Crippen LogP contribution in [0.1, 0.15) is 6.92 Å². The molecule has 0 amide bonds. The maximum absolute atomic E-state index is 11.8. The second kappa shape index (κ2) is 5.54. The van der Waals surface area contributed by atoms with Crippen LogP contribution in [0.15, 0.2) is 41.6 Å². The van der Waals surface area contributed by atoms with Gasteiger partial charge in [-0.1, -0.05) is 24.6 Å². The van der Waals surface area contributed by atoms with Gasteiger partial charge in [0, 0.05) is 11.8 Å². The lowest BCUT2D eigenvalue weighted by Gasteiger charge is -2.07. The van der Waals surface area contributed by atoms with Crippen LogP contribution in [0.2, 0.25) is 5.15 Å². The molecular formula is C12H12ClN3O2S. The number of hydrogen-bond donors (Lipinski definition) is 1. The average molecular weight is 298 g/mol. The molecule has 2 aromatic rings. The van der Waals surface area contributed by atoms with E-state index in [-0.39, 0.29) is 10.6 Å². The Morgan fingerprint density at radius 2 is 2.05 bits per heavy atom. The van der Waals surface area contributed by atoms with Crippen LogP contribution in [-0.2, 0) is 9.84 Å². The third kappa shape index (κ3) is 3.42. The standard InChI is InChI=1S/C12H12ClN3O2S/c1-2-19(17,18)10-5-3-4-9(6-10)16-12-7-11(13)14-8-15-12/h3-8H,2H2,1H3,(H,14,15,16). The summed E-state index contributed by atoms with van der Waals surface area (Å²) in [6, 6.07) is 8.12. The molecule has 0 aliphatic rings. The van der Waals surface area contributed by atoms with Gasteiger partial charge in [0.25, 0.3) is 0 Å². The van der Waals surface area contributed by atoms with E-state index >= 15 is 0 Å². The van der Waals surface area contributed by atoms with Crippen LogP contribution in [0.3, 0.4) is 0 Å². The summed E-state index contributed by atoms with van der Waals surface area (Å²) < 4.78 is 23.6. The van der Waals surface area contributed by atoms with E-state index in [0.29, 0.717) is 16.7 Å². The van der Waals surface area contributed by atoms with Crippen LogP contribution in [0, 0.1) is 0 Å². The highest BCUT2D eigenvalue weighted by atomic mass is 35.5. The first-order valence-corrected chi connectivity index (χ1v) is 7.61. The monoisotopic (exact) mass is 297 g/mol. The molecule has 100 valence electrons. The maximum atomic E-state index is 11.8. The predicted molar refractivity (Wildman–Crippen MR) is 74.5 cm³/mol. The smallest absolute Gasteiger partial charge is 0.178 e. The number of nitrogens with zero attached hydrogens (tertiary/aromatic N) is 2. The minimum Gasteiger partial charge on any atom is -0.340 e. The van der Waals surface area contributed by atoms with Crippen molar-refractivity contribution in [1.82, 2.24) is 9.97 Å². The van der Waals surface area contributed by atoms with Gasteiger partial charge < -0.3 is 5.32 Å². The molecule has 0 saturated heterocycles. The first-order chi connectivity index (χ1) is 9.01. The molecular weight excluding hydrogens is 286 g/mol. The van der Waals surface area contributed by atoms with Crippen LogP contribution in [-0.4, -0.2) is 24.1 Å². The fourth-order valence-corrected chi connectivity index (χ4v) is 2.56. The molecule has 0 spiro atoms. The predicted octanol–water partition coefficient (Wildman–Crippen LogP) is 2.67. The SMILES string of the molecule is CCS(=O)(=O)c1cccc(Nc2cc(Cl)ncn2)c1. The highest BCUT2D eigenvalue weighted by Crippen LogP contribution is 2.20. The molecule has 1 N–H and O–H groups in total. The van der Waals surface area contributed by atoms with Gasteiger partial charge in [-0.25, -0.2) is 18.4 Å². The Labute approximate surface area is 116 Å². The number of nitrogens with one attached hydrogen (secondary N) is 1. The Kier molecular flexibility index (Phi) is 4.01. The van der Waals surface area contributed by atoms with Gasteiger partial charge in [-0.15, -0.1) is 0 Å². The number of hydrogen-bond acceptors (Lipinski definition) is 5. The van der Waals surface area contributed by atoms with Crippen molar-refractivity contribution in [1.29, 1.82) is 0 Å². The van der Waals surface area contributed by atoms with E-state index in [0.717, 1.165) is 0 Å². The molecule has 0 saturated carbocycles. The number of rotatable bonds is 4. The number of anilines is 2. The summed E-state index contributed by atoms with van der Waals surface area (Å²) >= 11 is 5.75. The quantitative estimate of drug-likeness (QED) is 0.878. The van der Waals surface area contributed by atoms with E-state index in [2.05, 4.69) is 15.3 Å². The van der Waals surface area contributed by atoms with Crippen LogP contribution >= 0.6 is 11.6 Å². The lowest BCUT2D eigenvalue weighted by molar-refractivity contribution is 0.597. The van der Waals surface area contributed by atoms with Gasteiger partial charge in [-0.2, -0.15) is 0 Å². The van der Waals surface area contributed by atoms with E-state index in [1.54, 1.807) is 37.3 Å². The molecule has 1 heterocycles. The van der Waals surface area contributed by atoms with Crippen LogP contribution in [0.25, 0.3) is 0 Å². The first-order valence-electron chi connectivity index (χ1n) is 5.58. The summed E-state index contributed by atoms with van der Waals surface area (Å²) in [6.07, 6.45) is 1.33. The fraction of sp³-hybridized carbons (Fsp3) is 0.167. The molecule has 7 heteroatoms. The molecule has 0 unspecified atom stereocenters. The van der Waals surface area contributed by atoms with E-state index in [1.807, 2.05) is 0 Å². The van der Waals surface area contributed by atoms with Crippen molar-refractivity contribution in [2.45, 2.75) is 11.8 Å². The van der Waals surface area contributed by atoms with Crippen molar-refractivity contribution in [3.63, 3.8) is 0 Å². The lowest BCUT2D eigenvalue weighted by Crippen LogP contribution is -2.04. The molecule has 2 rings (SSSR count). The third-order valence-electron chi connectivity index (χ3n) is 2.48. The highest BCUT2D eigenvalue weighted by molar-refractivity contribution is 7.91. The van der Waals surface area contributed by atoms with Gasteiger partial charge in [-0.05, 0) is 18.2 Å². The largest absolute Gasteiger partial charge is 0.340 e. The number of halogens is 1. The molecule has 1 aromatic carbocycles. The Morgan fingerprint density at radius 3 is 2.74 bits per heavy atom. The summed E-state index contributed by atoms with van der Waals surface area (Å²) in [4.78, 5) is 8.04. The van der Waals surface area contributed by atoms with Crippen molar-refractivity contribution >= 4 is 32.9 Å². The summed E-state index contributed by atoms with van der Waals surface area (Å²) in [7, 11) is -3.22. The Balaban J connectivity index is 2.30. The second-order valence-corrected chi connectivity index (χ2v) is 6.45. The normalized spacial score (nSPS) is 11.3. The fourth-order valence-electron chi connectivity index (χ4n) is 1.48. The molecule has 0 atom stereocenters. The topological polar surface area (TPSA) is 72.0 Å². The van der Waals surface area contributed by atoms with Crippen molar-refractivity contribution in [3.8, 4) is 0 Å². The zero-order valence-corrected chi connectivity index (χ0v) is 11.7. The Bertz CT molecular complexity index is 689. The number of benzene rings is 1.